The third kappa shape index (κ3) is 3.43. The molecule has 144 valence electrons. The Balaban J connectivity index is 2.02. The lowest BCUT2D eigenvalue weighted by Gasteiger charge is -2.13. The van der Waals surface area contributed by atoms with Gasteiger partial charge in [0.05, 0.1) is 15.9 Å². The van der Waals surface area contributed by atoms with E-state index in [4.69, 9.17) is 4.99 Å². The molecule has 0 saturated carbocycles. The number of phenols is 1. The van der Waals surface area contributed by atoms with Crippen LogP contribution in [0.2, 0.25) is 0 Å². The Morgan fingerprint density at radius 1 is 1.00 bits per heavy atom. The van der Waals surface area contributed by atoms with Crippen LogP contribution in [0.1, 0.15) is 12.0 Å². The molecule has 28 heavy (non-hydrogen) atoms. The number of hydrogen-bond acceptors (Lipinski definition) is 4. The number of fused-ring (bicyclic) bond motifs is 3. The van der Waals surface area contributed by atoms with E-state index >= 15 is 0 Å². The lowest BCUT2D eigenvalue weighted by atomic mass is 10.0. The first-order valence-electron chi connectivity index (χ1n) is 9.54. The summed E-state index contributed by atoms with van der Waals surface area (Å²) in [6.45, 7) is 3.90. The fourth-order valence-corrected chi connectivity index (χ4v) is 4.78. The summed E-state index contributed by atoms with van der Waals surface area (Å²) in [7, 11) is 4.20. The molecule has 1 heterocycles. The summed E-state index contributed by atoms with van der Waals surface area (Å²) in [4.78, 5) is 8.12. The van der Waals surface area contributed by atoms with Gasteiger partial charge < -0.3 is 14.6 Å². The zero-order valence-corrected chi connectivity index (χ0v) is 17.3. The maximum Gasteiger partial charge on any atom is 0.190 e. The third-order valence-corrected chi connectivity index (χ3v) is 6.21. The summed E-state index contributed by atoms with van der Waals surface area (Å²) in [5.74, 6) is 0.371. The molecule has 4 rings (SSSR count). The lowest BCUT2D eigenvalue weighted by Crippen LogP contribution is -2.19. The van der Waals surface area contributed by atoms with Crippen molar-refractivity contribution in [1.82, 2.24) is 9.47 Å². The molecular formula is C23H25N3OS. The molecule has 0 saturated heterocycles. The van der Waals surface area contributed by atoms with Gasteiger partial charge in [0.25, 0.3) is 0 Å². The van der Waals surface area contributed by atoms with Crippen molar-refractivity contribution in [3.05, 3.63) is 65.0 Å². The van der Waals surface area contributed by atoms with Crippen molar-refractivity contribution in [3.63, 3.8) is 0 Å². The van der Waals surface area contributed by atoms with Gasteiger partial charge in [-0.25, -0.2) is 4.99 Å². The Labute approximate surface area is 169 Å². The van der Waals surface area contributed by atoms with Crippen molar-refractivity contribution in [2.75, 3.05) is 20.6 Å². The molecule has 0 bridgehead atoms. The molecule has 0 aliphatic rings. The number of benzene rings is 3. The van der Waals surface area contributed by atoms with Crippen LogP contribution in [0, 0.1) is 6.92 Å². The van der Waals surface area contributed by atoms with E-state index < -0.39 is 0 Å². The van der Waals surface area contributed by atoms with Gasteiger partial charge >= 0.3 is 0 Å². The fourth-order valence-electron chi connectivity index (χ4n) is 3.59. The number of aromatic nitrogens is 1. The lowest BCUT2D eigenvalue weighted by molar-refractivity contribution is 0.387. The number of phenolic OH excluding ortho intramolecular Hbond substituents is 1. The Hall–Kier alpha value is -2.63. The van der Waals surface area contributed by atoms with E-state index in [1.807, 2.05) is 55.5 Å². The number of aromatic hydroxyl groups is 1. The van der Waals surface area contributed by atoms with Gasteiger partial charge in [0.2, 0.25) is 0 Å². The van der Waals surface area contributed by atoms with Crippen LogP contribution in [-0.2, 0) is 6.54 Å². The van der Waals surface area contributed by atoms with E-state index in [-0.39, 0.29) is 0 Å². The molecule has 0 fully saturated rings. The first kappa shape index (κ1) is 18.7. The number of rotatable bonds is 5. The van der Waals surface area contributed by atoms with Crippen LogP contribution in [0.25, 0.3) is 21.0 Å². The molecule has 1 aromatic heterocycles. The fraction of sp³-hybridized carbons (Fsp3) is 0.261. The minimum atomic E-state index is 0.371. The van der Waals surface area contributed by atoms with Crippen molar-refractivity contribution in [1.29, 1.82) is 0 Å². The van der Waals surface area contributed by atoms with Crippen LogP contribution >= 0.6 is 11.3 Å². The SMILES string of the molecule is Cc1c(O)c2ccccc2c2c1sc(=Nc1ccccc1)n2CCCN(C)C. The van der Waals surface area contributed by atoms with Crippen molar-refractivity contribution in [2.45, 2.75) is 19.9 Å². The second-order valence-electron chi connectivity index (χ2n) is 7.34. The van der Waals surface area contributed by atoms with Gasteiger partial charge in [-0.2, -0.15) is 0 Å². The zero-order valence-electron chi connectivity index (χ0n) is 16.5. The molecule has 0 radical (unpaired) electrons. The maximum absolute atomic E-state index is 10.8. The first-order valence-corrected chi connectivity index (χ1v) is 10.4. The van der Waals surface area contributed by atoms with E-state index in [1.54, 1.807) is 11.3 Å². The van der Waals surface area contributed by atoms with Crippen LogP contribution < -0.4 is 4.80 Å². The van der Waals surface area contributed by atoms with Crippen LogP contribution in [0.15, 0.2) is 59.6 Å². The minimum Gasteiger partial charge on any atom is -0.507 e. The van der Waals surface area contributed by atoms with Gasteiger partial charge in [0, 0.05) is 22.9 Å². The molecule has 0 spiro atoms. The van der Waals surface area contributed by atoms with E-state index in [1.165, 1.54) is 5.52 Å². The molecular weight excluding hydrogens is 366 g/mol. The second kappa shape index (κ2) is 7.78. The van der Waals surface area contributed by atoms with E-state index in [0.717, 1.165) is 51.0 Å². The summed E-state index contributed by atoms with van der Waals surface area (Å²) in [5.41, 5.74) is 3.04. The number of nitrogens with zero attached hydrogens (tertiary/aromatic N) is 3. The van der Waals surface area contributed by atoms with Gasteiger partial charge in [-0.15, -0.1) is 0 Å². The summed E-state index contributed by atoms with van der Waals surface area (Å²) in [6, 6.07) is 18.2. The van der Waals surface area contributed by atoms with Crippen molar-refractivity contribution in [2.24, 2.45) is 4.99 Å². The molecule has 0 aliphatic heterocycles. The van der Waals surface area contributed by atoms with E-state index in [2.05, 4.69) is 29.6 Å². The zero-order chi connectivity index (χ0) is 19.7. The van der Waals surface area contributed by atoms with Crippen molar-refractivity contribution >= 4 is 38.0 Å². The Kier molecular flexibility index (Phi) is 5.20. The van der Waals surface area contributed by atoms with Crippen LogP contribution in [0.5, 0.6) is 5.75 Å². The highest BCUT2D eigenvalue weighted by Crippen LogP contribution is 2.38. The smallest absolute Gasteiger partial charge is 0.190 e. The highest BCUT2D eigenvalue weighted by molar-refractivity contribution is 7.16. The third-order valence-electron chi connectivity index (χ3n) is 5.01. The van der Waals surface area contributed by atoms with Gasteiger partial charge in [-0.05, 0) is 46.1 Å². The largest absolute Gasteiger partial charge is 0.507 e. The normalized spacial score (nSPS) is 12.5. The number of para-hydroxylation sites is 1. The Morgan fingerprint density at radius 2 is 1.68 bits per heavy atom. The molecule has 0 atom stereocenters. The van der Waals surface area contributed by atoms with Gasteiger partial charge in [-0.3, -0.25) is 0 Å². The van der Waals surface area contributed by atoms with E-state index in [9.17, 15) is 5.11 Å². The first-order chi connectivity index (χ1) is 13.6. The number of hydrogen-bond donors (Lipinski definition) is 1. The van der Waals surface area contributed by atoms with Crippen LogP contribution in [0.4, 0.5) is 5.69 Å². The van der Waals surface area contributed by atoms with Crippen LogP contribution in [0.3, 0.4) is 0 Å². The van der Waals surface area contributed by atoms with Gasteiger partial charge in [-0.1, -0.05) is 53.8 Å². The number of aryl methyl sites for hydroxylation is 2. The highest BCUT2D eigenvalue weighted by Gasteiger charge is 2.16. The monoisotopic (exact) mass is 391 g/mol. The maximum atomic E-state index is 10.8. The highest BCUT2D eigenvalue weighted by atomic mass is 32.1. The van der Waals surface area contributed by atoms with Crippen LogP contribution in [-0.4, -0.2) is 35.2 Å². The topological polar surface area (TPSA) is 40.8 Å². The molecule has 4 nitrogen and oxygen atoms in total. The molecule has 5 heteroatoms. The summed E-state index contributed by atoms with van der Waals surface area (Å²) in [6.07, 6.45) is 1.04. The molecule has 0 amide bonds. The molecule has 3 aromatic carbocycles. The average molecular weight is 392 g/mol. The van der Waals surface area contributed by atoms with Crippen molar-refractivity contribution in [3.8, 4) is 5.75 Å². The second-order valence-corrected chi connectivity index (χ2v) is 8.31. The summed E-state index contributed by atoms with van der Waals surface area (Å²) >= 11 is 1.66. The average Bonchev–Trinajstić information content (AvgIpc) is 3.05. The Morgan fingerprint density at radius 3 is 2.39 bits per heavy atom. The predicted molar refractivity (Wildman–Crippen MR) is 119 cm³/mol. The summed E-state index contributed by atoms with van der Waals surface area (Å²) in [5, 5.41) is 12.7. The molecule has 1 N–H and O–H groups in total. The van der Waals surface area contributed by atoms with Gasteiger partial charge in [0.15, 0.2) is 4.80 Å². The standard InChI is InChI=1S/C23H25N3OS/c1-16-21(27)19-13-8-7-12-18(19)20-22(16)28-23(24-17-10-5-4-6-11-17)26(20)15-9-14-25(2)3/h4-8,10-13,27H,9,14-15H2,1-3H3. The quantitative estimate of drug-likeness (QED) is 0.517. The number of thiazole rings is 1. The molecule has 0 aliphatic carbocycles. The van der Waals surface area contributed by atoms with Crippen molar-refractivity contribution < 1.29 is 5.11 Å². The molecule has 4 aromatic rings. The minimum absolute atomic E-state index is 0.371. The summed E-state index contributed by atoms with van der Waals surface area (Å²) < 4.78 is 3.43. The van der Waals surface area contributed by atoms with Gasteiger partial charge in [0.1, 0.15) is 5.75 Å². The predicted octanol–water partition coefficient (Wildman–Crippen LogP) is 5.05. The Bertz CT molecular complexity index is 1190. The van der Waals surface area contributed by atoms with E-state index in [0.29, 0.717) is 5.75 Å². The molecule has 0 unspecified atom stereocenters.